The molecule has 4 atom stereocenters. The first-order valence-corrected chi connectivity index (χ1v) is 9.28. The van der Waals surface area contributed by atoms with Gasteiger partial charge >= 0.3 is 0 Å². The molecule has 0 radical (unpaired) electrons. The van der Waals surface area contributed by atoms with Gasteiger partial charge in [-0.2, -0.15) is 0 Å². The number of aromatic nitrogens is 3. The van der Waals surface area contributed by atoms with E-state index in [1.807, 2.05) is 18.2 Å². The Bertz CT molecular complexity index is 889. The molecule has 0 saturated carbocycles. The van der Waals surface area contributed by atoms with Gasteiger partial charge < -0.3 is 24.6 Å². The van der Waals surface area contributed by atoms with E-state index in [2.05, 4.69) is 22.1 Å². The van der Waals surface area contributed by atoms with Crippen molar-refractivity contribution >= 4 is 22.8 Å². The van der Waals surface area contributed by atoms with Crippen LogP contribution in [-0.2, 0) is 10.5 Å². The van der Waals surface area contributed by atoms with Crippen LogP contribution in [0.25, 0.3) is 11.0 Å². The zero-order valence-electron chi connectivity index (χ0n) is 13.8. The maximum absolute atomic E-state index is 10.3. The van der Waals surface area contributed by atoms with Crippen molar-refractivity contribution in [1.82, 2.24) is 14.5 Å². The number of imidazole rings is 1. The molecule has 4 rings (SSSR count). The summed E-state index contributed by atoms with van der Waals surface area (Å²) in [6.45, 7) is -0.360. The maximum atomic E-state index is 10.3. The third-order valence-electron chi connectivity index (χ3n) is 4.47. The highest BCUT2D eigenvalue weighted by Gasteiger charge is 2.43. The molecule has 1 aromatic carbocycles. The molecule has 7 nitrogen and oxygen atoms in total. The van der Waals surface area contributed by atoms with Crippen LogP contribution in [0.4, 0.5) is 0 Å². The van der Waals surface area contributed by atoms with E-state index in [0.717, 1.165) is 16.3 Å². The van der Waals surface area contributed by atoms with Gasteiger partial charge in [-0.15, -0.1) is 0 Å². The van der Waals surface area contributed by atoms with E-state index in [1.165, 1.54) is 5.56 Å². The second kappa shape index (κ2) is 7.34. The standard InChI is InChI=1S/C18H19N3O4S/c22-8-13-15(23)16(24)18(25-13)21-10-20-14-12(21)6-7-19-17(14)26-9-11-4-2-1-3-5-11/h1-7,10,13,15-16,18,22-24H,8-9H2/t13-,15-,16-,18?/m1/s1. The Morgan fingerprint density at radius 3 is 2.62 bits per heavy atom. The number of ether oxygens (including phenoxy) is 1. The molecule has 136 valence electrons. The molecule has 0 aliphatic carbocycles. The van der Waals surface area contributed by atoms with Crippen LogP contribution in [0.3, 0.4) is 0 Å². The van der Waals surface area contributed by atoms with Gasteiger partial charge in [0.2, 0.25) is 0 Å². The smallest absolute Gasteiger partial charge is 0.164 e. The lowest BCUT2D eigenvalue weighted by atomic mass is 10.1. The molecule has 8 heteroatoms. The van der Waals surface area contributed by atoms with Gasteiger partial charge in [-0.25, -0.2) is 9.97 Å². The number of fused-ring (bicyclic) bond motifs is 1. The van der Waals surface area contributed by atoms with Crippen molar-refractivity contribution < 1.29 is 20.1 Å². The van der Waals surface area contributed by atoms with Crippen LogP contribution in [0, 0.1) is 0 Å². The van der Waals surface area contributed by atoms with Gasteiger partial charge in [0.15, 0.2) is 6.23 Å². The number of rotatable bonds is 5. The fourth-order valence-electron chi connectivity index (χ4n) is 3.08. The van der Waals surface area contributed by atoms with Gasteiger partial charge in [-0.05, 0) is 11.6 Å². The minimum Gasteiger partial charge on any atom is -0.394 e. The number of pyridine rings is 1. The first kappa shape index (κ1) is 17.4. The predicted octanol–water partition coefficient (Wildman–Crippen LogP) is 1.34. The maximum Gasteiger partial charge on any atom is 0.164 e. The average Bonchev–Trinajstić information content (AvgIpc) is 3.23. The highest BCUT2D eigenvalue weighted by molar-refractivity contribution is 7.98. The second-order valence-electron chi connectivity index (χ2n) is 6.14. The fraction of sp³-hybridized carbons (Fsp3) is 0.333. The molecule has 0 amide bonds. The van der Waals surface area contributed by atoms with E-state index >= 15 is 0 Å². The monoisotopic (exact) mass is 373 g/mol. The van der Waals surface area contributed by atoms with Crippen LogP contribution in [0.15, 0.2) is 53.9 Å². The van der Waals surface area contributed by atoms with Crippen LogP contribution in [0.1, 0.15) is 11.8 Å². The molecule has 1 unspecified atom stereocenters. The van der Waals surface area contributed by atoms with E-state index in [-0.39, 0.29) is 6.61 Å². The second-order valence-corrected chi connectivity index (χ2v) is 7.10. The number of hydrogen-bond donors (Lipinski definition) is 3. The van der Waals surface area contributed by atoms with Gasteiger partial charge in [-0.1, -0.05) is 42.1 Å². The topological polar surface area (TPSA) is 101 Å². The molecule has 1 saturated heterocycles. The zero-order chi connectivity index (χ0) is 18.1. The van der Waals surface area contributed by atoms with Crippen molar-refractivity contribution in [2.75, 3.05) is 6.61 Å². The lowest BCUT2D eigenvalue weighted by molar-refractivity contribution is -0.0508. The summed E-state index contributed by atoms with van der Waals surface area (Å²) in [6, 6.07) is 11.9. The van der Waals surface area contributed by atoms with Gasteiger partial charge in [0.05, 0.1) is 18.5 Å². The summed E-state index contributed by atoms with van der Waals surface area (Å²) >= 11 is 1.59. The summed E-state index contributed by atoms with van der Waals surface area (Å²) in [6.07, 6.45) is -0.647. The fourth-order valence-corrected chi connectivity index (χ4v) is 4.01. The van der Waals surface area contributed by atoms with Crippen molar-refractivity contribution in [3.63, 3.8) is 0 Å². The third-order valence-corrected chi connectivity index (χ3v) is 5.52. The molecule has 0 bridgehead atoms. The Hall–Kier alpha value is -1.97. The van der Waals surface area contributed by atoms with Gasteiger partial charge in [0, 0.05) is 11.9 Å². The molecule has 26 heavy (non-hydrogen) atoms. The number of aliphatic hydroxyl groups is 3. The minimum atomic E-state index is -1.14. The molecule has 3 N–H and O–H groups in total. The molecule has 0 spiro atoms. The summed E-state index contributed by atoms with van der Waals surface area (Å²) in [5.41, 5.74) is 2.66. The Labute approximate surface area is 154 Å². The summed E-state index contributed by atoms with van der Waals surface area (Å²) < 4.78 is 7.28. The molecule has 1 aliphatic rings. The van der Waals surface area contributed by atoms with Crippen LogP contribution in [0.2, 0.25) is 0 Å². The highest BCUT2D eigenvalue weighted by Crippen LogP contribution is 2.34. The molecule has 3 aromatic rings. The highest BCUT2D eigenvalue weighted by atomic mass is 32.2. The van der Waals surface area contributed by atoms with Gasteiger partial charge in [-0.3, -0.25) is 0 Å². The lowest BCUT2D eigenvalue weighted by Crippen LogP contribution is -2.33. The molecular formula is C18H19N3O4S. The first-order chi connectivity index (χ1) is 12.7. The van der Waals surface area contributed by atoms with E-state index in [4.69, 9.17) is 4.74 Å². The molecule has 1 fully saturated rings. The number of benzene rings is 1. The van der Waals surface area contributed by atoms with Crippen LogP contribution in [0.5, 0.6) is 0 Å². The first-order valence-electron chi connectivity index (χ1n) is 8.29. The number of aliphatic hydroxyl groups excluding tert-OH is 3. The van der Waals surface area contributed by atoms with Crippen LogP contribution < -0.4 is 0 Å². The van der Waals surface area contributed by atoms with E-state index in [1.54, 1.807) is 34.9 Å². The Morgan fingerprint density at radius 2 is 1.88 bits per heavy atom. The number of nitrogens with zero attached hydrogens (tertiary/aromatic N) is 3. The quantitative estimate of drug-likeness (QED) is 0.580. The molecule has 1 aliphatic heterocycles. The molecule has 3 heterocycles. The van der Waals surface area contributed by atoms with E-state index in [0.29, 0.717) is 5.52 Å². The Morgan fingerprint density at radius 1 is 1.08 bits per heavy atom. The SMILES string of the molecule is OC[C@H]1OC(n2cnc3c(SCc4ccccc4)nccc32)[C@H](O)[C@@H]1O. The summed E-state index contributed by atoms with van der Waals surface area (Å²) in [5, 5.41) is 30.3. The normalized spacial score (nSPS) is 25.8. The third kappa shape index (κ3) is 3.10. The van der Waals surface area contributed by atoms with Crippen LogP contribution >= 0.6 is 11.8 Å². The van der Waals surface area contributed by atoms with Gasteiger partial charge in [0.1, 0.15) is 28.9 Å². The van der Waals surface area contributed by atoms with E-state index in [9.17, 15) is 15.3 Å². The summed E-state index contributed by atoms with van der Waals surface area (Å²) in [4.78, 5) is 8.85. The summed E-state index contributed by atoms with van der Waals surface area (Å²) in [5.74, 6) is 0.771. The Balaban J connectivity index is 1.61. The largest absolute Gasteiger partial charge is 0.394 e. The number of hydrogen-bond acceptors (Lipinski definition) is 7. The van der Waals surface area contributed by atoms with Crippen molar-refractivity contribution in [3.05, 3.63) is 54.5 Å². The number of thioether (sulfide) groups is 1. The van der Waals surface area contributed by atoms with Crippen molar-refractivity contribution in [2.24, 2.45) is 0 Å². The Kier molecular flexibility index (Phi) is 4.92. The molecule has 2 aromatic heterocycles. The van der Waals surface area contributed by atoms with Crippen molar-refractivity contribution in [2.45, 2.75) is 35.3 Å². The lowest BCUT2D eigenvalue weighted by Gasteiger charge is -2.17. The van der Waals surface area contributed by atoms with Crippen LogP contribution in [-0.4, -0.2) is 54.8 Å². The van der Waals surface area contributed by atoms with Crippen molar-refractivity contribution in [1.29, 1.82) is 0 Å². The minimum absolute atomic E-state index is 0.360. The van der Waals surface area contributed by atoms with Crippen molar-refractivity contribution in [3.8, 4) is 0 Å². The zero-order valence-corrected chi connectivity index (χ0v) is 14.7. The summed E-state index contributed by atoms with van der Waals surface area (Å²) in [7, 11) is 0. The average molecular weight is 373 g/mol. The molecular weight excluding hydrogens is 354 g/mol. The van der Waals surface area contributed by atoms with Gasteiger partial charge in [0.25, 0.3) is 0 Å². The predicted molar refractivity (Wildman–Crippen MR) is 96.5 cm³/mol. The van der Waals surface area contributed by atoms with E-state index < -0.39 is 24.5 Å².